The summed E-state index contributed by atoms with van der Waals surface area (Å²) < 4.78 is 0. The van der Waals surface area contributed by atoms with Gasteiger partial charge in [0.15, 0.2) is 11.5 Å². The molecule has 0 radical (unpaired) electrons. The number of pyridine rings is 1. The van der Waals surface area contributed by atoms with Crippen LogP contribution in [0.2, 0.25) is 0 Å². The number of nitrogens with zero attached hydrogens (tertiary/aromatic N) is 5. The van der Waals surface area contributed by atoms with Crippen LogP contribution in [0.25, 0.3) is 11.0 Å². The largest absolute Gasteiger partial charge is 0.366 e. The molecule has 1 fully saturated rings. The fraction of sp³-hybridized carbons (Fsp3) is 0.421. The van der Waals surface area contributed by atoms with Crippen LogP contribution < -0.4 is 5.32 Å². The monoisotopic (exact) mass is 365 g/mol. The number of piperidine rings is 1. The number of fused-ring (bicyclic) bond motifs is 1. The Morgan fingerprint density at radius 2 is 2.15 bits per heavy atom. The van der Waals surface area contributed by atoms with E-state index in [1.165, 1.54) is 6.20 Å². The highest BCUT2D eigenvalue weighted by atomic mass is 16.2. The number of amides is 1. The minimum Gasteiger partial charge on any atom is -0.366 e. The lowest BCUT2D eigenvalue weighted by Gasteiger charge is -2.35. The summed E-state index contributed by atoms with van der Waals surface area (Å²) in [7, 11) is 0. The quantitative estimate of drug-likeness (QED) is 0.737. The number of rotatable bonds is 4. The van der Waals surface area contributed by atoms with Crippen molar-refractivity contribution in [2.45, 2.75) is 45.2 Å². The van der Waals surface area contributed by atoms with Crippen molar-refractivity contribution in [1.29, 1.82) is 0 Å². The van der Waals surface area contributed by atoms with Gasteiger partial charge in [0.2, 0.25) is 0 Å². The van der Waals surface area contributed by atoms with Gasteiger partial charge in [0.05, 0.1) is 35.1 Å². The first kappa shape index (κ1) is 17.4. The van der Waals surface area contributed by atoms with Gasteiger partial charge in [0, 0.05) is 12.6 Å². The number of aromatic nitrogens is 5. The zero-order chi connectivity index (χ0) is 18.8. The van der Waals surface area contributed by atoms with E-state index in [1.54, 1.807) is 12.3 Å². The van der Waals surface area contributed by atoms with E-state index in [4.69, 9.17) is 4.98 Å². The minimum atomic E-state index is -0.0476. The Labute approximate surface area is 157 Å². The van der Waals surface area contributed by atoms with Crippen LogP contribution in [-0.4, -0.2) is 48.8 Å². The molecule has 140 valence electrons. The number of H-pyrrole nitrogens is 1. The van der Waals surface area contributed by atoms with E-state index in [9.17, 15) is 4.79 Å². The highest BCUT2D eigenvalue weighted by Gasteiger charge is 2.30. The molecule has 1 aliphatic heterocycles. The number of carbonyl (C=O) groups excluding carboxylic acids is 1. The first-order valence-electron chi connectivity index (χ1n) is 9.32. The van der Waals surface area contributed by atoms with E-state index in [1.807, 2.05) is 17.0 Å². The normalized spacial score (nSPS) is 17.4. The minimum absolute atomic E-state index is 0.0247. The summed E-state index contributed by atoms with van der Waals surface area (Å²) in [5, 5.41) is 19.2. The second kappa shape index (κ2) is 7.30. The lowest BCUT2D eigenvalue weighted by atomic mass is 9.97. The molecule has 0 saturated carbocycles. The van der Waals surface area contributed by atoms with Crippen LogP contribution in [0.3, 0.4) is 0 Å². The highest BCUT2D eigenvalue weighted by molar-refractivity contribution is 5.94. The molecule has 0 aliphatic carbocycles. The molecule has 8 heteroatoms. The number of hydrogen-bond donors (Lipinski definition) is 2. The molecule has 3 aromatic rings. The van der Waals surface area contributed by atoms with Crippen LogP contribution in [0.1, 0.15) is 55.2 Å². The summed E-state index contributed by atoms with van der Waals surface area (Å²) in [6, 6.07) is 5.98. The van der Waals surface area contributed by atoms with Crippen LogP contribution in [0.4, 0.5) is 5.82 Å². The van der Waals surface area contributed by atoms with Gasteiger partial charge in [-0.1, -0.05) is 0 Å². The van der Waals surface area contributed by atoms with Crippen molar-refractivity contribution < 1.29 is 4.79 Å². The Kier molecular flexibility index (Phi) is 4.70. The Balaban J connectivity index is 1.64. The van der Waals surface area contributed by atoms with Gasteiger partial charge in [-0.25, -0.2) is 4.98 Å². The average molecular weight is 365 g/mol. The van der Waals surface area contributed by atoms with Crippen LogP contribution in [0, 0.1) is 0 Å². The molecule has 1 aliphatic rings. The third kappa shape index (κ3) is 3.47. The first-order valence-corrected chi connectivity index (χ1v) is 9.32. The van der Waals surface area contributed by atoms with Gasteiger partial charge in [-0.2, -0.15) is 15.3 Å². The molecule has 27 heavy (non-hydrogen) atoms. The second-order valence-corrected chi connectivity index (χ2v) is 7.14. The Hall–Kier alpha value is -3.03. The predicted molar refractivity (Wildman–Crippen MR) is 102 cm³/mol. The standard InChI is InChI=1S/C19H23N7O/c1-12(2)22-17-14-6-7-15(23-18(14)25-24-17)16-5-3-4-10-26(16)19(27)13-8-9-20-21-11-13/h6-9,11-12,16H,3-5,10H2,1-2H3,(H2,22,23,24,25). The maximum Gasteiger partial charge on any atom is 0.256 e. The van der Waals surface area contributed by atoms with E-state index < -0.39 is 0 Å². The maximum absolute atomic E-state index is 13.0. The maximum atomic E-state index is 13.0. The van der Waals surface area contributed by atoms with Crippen molar-refractivity contribution in [2.24, 2.45) is 0 Å². The second-order valence-electron chi connectivity index (χ2n) is 7.14. The van der Waals surface area contributed by atoms with Gasteiger partial charge in [-0.15, -0.1) is 0 Å². The lowest BCUT2D eigenvalue weighted by Crippen LogP contribution is -2.39. The molecule has 4 heterocycles. The molecule has 1 saturated heterocycles. The Morgan fingerprint density at radius 1 is 1.26 bits per heavy atom. The van der Waals surface area contributed by atoms with Crippen molar-refractivity contribution in [3.63, 3.8) is 0 Å². The fourth-order valence-corrected chi connectivity index (χ4v) is 3.55. The van der Waals surface area contributed by atoms with Crippen molar-refractivity contribution in [1.82, 2.24) is 30.3 Å². The molecule has 4 rings (SSSR count). The zero-order valence-electron chi connectivity index (χ0n) is 15.5. The molecule has 8 nitrogen and oxygen atoms in total. The number of nitrogens with one attached hydrogen (secondary N) is 2. The summed E-state index contributed by atoms with van der Waals surface area (Å²) >= 11 is 0. The average Bonchev–Trinajstić information content (AvgIpc) is 3.09. The molecular formula is C19H23N7O. The summed E-state index contributed by atoms with van der Waals surface area (Å²) in [6.45, 7) is 4.86. The number of likely N-dealkylation sites (tertiary alicyclic amines) is 1. The Morgan fingerprint density at radius 3 is 2.93 bits per heavy atom. The number of carbonyl (C=O) groups is 1. The lowest BCUT2D eigenvalue weighted by molar-refractivity contribution is 0.0605. The third-order valence-electron chi connectivity index (χ3n) is 4.81. The van der Waals surface area contributed by atoms with Crippen molar-refractivity contribution in [3.05, 3.63) is 41.9 Å². The number of hydrogen-bond acceptors (Lipinski definition) is 6. The third-order valence-corrected chi connectivity index (χ3v) is 4.81. The fourth-order valence-electron chi connectivity index (χ4n) is 3.55. The van der Waals surface area contributed by atoms with Gasteiger partial charge in [0.1, 0.15) is 0 Å². The molecular weight excluding hydrogens is 342 g/mol. The van der Waals surface area contributed by atoms with E-state index in [-0.39, 0.29) is 18.0 Å². The van der Waals surface area contributed by atoms with Crippen molar-refractivity contribution in [3.8, 4) is 0 Å². The molecule has 2 N–H and O–H groups in total. The van der Waals surface area contributed by atoms with Crippen LogP contribution in [-0.2, 0) is 0 Å². The van der Waals surface area contributed by atoms with Gasteiger partial charge < -0.3 is 10.2 Å². The van der Waals surface area contributed by atoms with E-state index in [0.717, 1.165) is 41.8 Å². The molecule has 0 aromatic carbocycles. The summed E-state index contributed by atoms with van der Waals surface area (Å²) in [5.74, 6) is 0.779. The molecule has 1 unspecified atom stereocenters. The smallest absolute Gasteiger partial charge is 0.256 e. The van der Waals surface area contributed by atoms with Gasteiger partial charge in [-0.05, 0) is 51.3 Å². The summed E-state index contributed by atoms with van der Waals surface area (Å²) in [4.78, 5) is 19.6. The summed E-state index contributed by atoms with van der Waals surface area (Å²) in [6.07, 6.45) is 6.03. The van der Waals surface area contributed by atoms with Gasteiger partial charge >= 0.3 is 0 Å². The van der Waals surface area contributed by atoms with E-state index in [2.05, 4.69) is 39.6 Å². The van der Waals surface area contributed by atoms with Crippen molar-refractivity contribution >= 4 is 22.8 Å². The van der Waals surface area contributed by atoms with Gasteiger partial charge in [-0.3, -0.25) is 9.89 Å². The summed E-state index contributed by atoms with van der Waals surface area (Å²) in [5.41, 5.74) is 2.18. The van der Waals surface area contributed by atoms with Crippen LogP contribution in [0.15, 0.2) is 30.6 Å². The van der Waals surface area contributed by atoms with Crippen LogP contribution >= 0.6 is 0 Å². The molecule has 0 bridgehead atoms. The Bertz CT molecular complexity index is 938. The molecule has 0 spiro atoms. The van der Waals surface area contributed by atoms with E-state index in [0.29, 0.717) is 12.1 Å². The molecule has 1 amide bonds. The van der Waals surface area contributed by atoms with Crippen LogP contribution in [0.5, 0.6) is 0 Å². The highest BCUT2D eigenvalue weighted by Crippen LogP contribution is 2.32. The first-order chi connectivity index (χ1) is 13.1. The van der Waals surface area contributed by atoms with E-state index >= 15 is 0 Å². The number of aromatic amines is 1. The SMILES string of the molecule is CC(C)Nc1n[nH]c2nc(C3CCCCN3C(=O)c3ccnnc3)ccc12. The molecule has 3 aromatic heterocycles. The topological polar surface area (TPSA) is 99.7 Å². The predicted octanol–water partition coefficient (Wildman–Crippen LogP) is 2.94. The van der Waals surface area contributed by atoms with Crippen molar-refractivity contribution in [2.75, 3.05) is 11.9 Å². The molecule has 1 atom stereocenters. The number of anilines is 1. The zero-order valence-corrected chi connectivity index (χ0v) is 15.5. The van der Waals surface area contributed by atoms with Gasteiger partial charge in [0.25, 0.3) is 5.91 Å².